The summed E-state index contributed by atoms with van der Waals surface area (Å²) in [5, 5.41) is 12.3. The third kappa shape index (κ3) is 5.45. The molecule has 0 saturated carbocycles. The summed E-state index contributed by atoms with van der Waals surface area (Å²) in [6.45, 7) is 8.26. The molecule has 1 atom stereocenters. The Morgan fingerprint density at radius 2 is 1.68 bits per heavy atom. The summed E-state index contributed by atoms with van der Waals surface area (Å²) in [5.41, 5.74) is 5.98. The van der Waals surface area contributed by atoms with E-state index in [1.54, 1.807) is 16.9 Å². The molecule has 1 aromatic heterocycles. The van der Waals surface area contributed by atoms with Crippen molar-refractivity contribution in [2.24, 2.45) is 0 Å². The van der Waals surface area contributed by atoms with E-state index >= 15 is 0 Å². The predicted molar refractivity (Wildman–Crippen MR) is 137 cm³/mol. The Balaban J connectivity index is 1.50. The molecular formula is C28H32N4O2. The van der Waals surface area contributed by atoms with Gasteiger partial charge >= 0.3 is 0 Å². The molecule has 6 nitrogen and oxygen atoms in total. The molecular weight excluding hydrogens is 424 g/mol. The Hall–Kier alpha value is -3.67. The second-order valence-electron chi connectivity index (χ2n) is 8.73. The van der Waals surface area contributed by atoms with Crippen LogP contribution in [-0.2, 0) is 6.42 Å². The van der Waals surface area contributed by atoms with Crippen molar-refractivity contribution in [3.05, 3.63) is 77.4 Å². The Bertz CT molecular complexity index is 1260. The number of aryl methyl sites for hydroxylation is 2. The molecule has 4 aromatic rings. The van der Waals surface area contributed by atoms with E-state index in [0.717, 1.165) is 46.6 Å². The number of anilines is 1. The maximum atomic E-state index is 12.8. The standard InChI is InChI=1S/C28H32N4O2/c1-5-7-8-21-9-13-23(14-10-21)32-30-26-17-19(3)25(18-27(26)31-32)29-28(33)22-11-15-24(16-12-22)34-20(4)6-2/h9-18,20H,5-8H2,1-4H3,(H,29,33). The number of benzene rings is 3. The first-order chi connectivity index (χ1) is 16.5. The average Bonchev–Trinajstić information content (AvgIpc) is 3.26. The van der Waals surface area contributed by atoms with Crippen LogP contribution in [0.2, 0.25) is 0 Å². The number of nitrogens with one attached hydrogen (secondary N) is 1. The van der Waals surface area contributed by atoms with Crippen LogP contribution in [-0.4, -0.2) is 27.0 Å². The van der Waals surface area contributed by atoms with Crippen molar-refractivity contribution in [1.29, 1.82) is 0 Å². The van der Waals surface area contributed by atoms with Crippen molar-refractivity contribution in [3.8, 4) is 11.4 Å². The number of carbonyl (C=O) groups excluding carboxylic acids is 1. The first-order valence-corrected chi connectivity index (χ1v) is 12.0. The number of nitrogens with zero attached hydrogens (tertiary/aromatic N) is 3. The fourth-order valence-electron chi connectivity index (χ4n) is 3.69. The Morgan fingerprint density at radius 3 is 2.32 bits per heavy atom. The van der Waals surface area contributed by atoms with Crippen LogP contribution in [0.5, 0.6) is 5.75 Å². The molecule has 0 bridgehead atoms. The van der Waals surface area contributed by atoms with Gasteiger partial charge in [0.05, 0.1) is 11.8 Å². The Labute approximate surface area is 200 Å². The highest BCUT2D eigenvalue weighted by atomic mass is 16.5. The summed E-state index contributed by atoms with van der Waals surface area (Å²) >= 11 is 0. The van der Waals surface area contributed by atoms with Gasteiger partial charge in [0.2, 0.25) is 0 Å². The van der Waals surface area contributed by atoms with Crippen LogP contribution in [0.15, 0.2) is 60.7 Å². The lowest BCUT2D eigenvalue weighted by atomic mass is 10.1. The number of amides is 1. The van der Waals surface area contributed by atoms with Gasteiger partial charge in [-0.3, -0.25) is 4.79 Å². The van der Waals surface area contributed by atoms with Gasteiger partial charge in [0.1, 0.15) is 16.8 Å². The molecule has 1 N–H and O–H groups in total. The predicted octanol–water partition coefficient (Wildman–Crippen LogP) is 6.50. The largest absolute Gasteiger partial charge is 0.491 e. The van der Waals surface area contributed by atoms with Crippen molar-refractivity contribution in [1.82, 2.24) is 15.0 Å². The van der Waals surface area contributed by atoms with Gasteiger partial charge in [-0.2, -0.15) is 4.80 Å². The van der Waals surface area contributed by atoms with E-state index in [4.69, 9.17) is 4.74 Å². The second-order valence-corrected chi connectivity index (χ2v) is 8.73. The fraction of sp³-hybridized carbons (Fsp3) is 0.321. The fourth-order valence-corrected chi connectivity index (χ4v) is 3.69. The van der Waals surface area contributed by atoms with Gasteiger partial charge in [-0.25, -0.2) is 0 Å². The monoisotopic (exact) mass is 456 g/mol. The number of hydrogen-bond acceptors (Lipinski definition) is 4. The van der Waals surface area contributed by atoms with Gasteiger partial charge in [0.15, 0.2) is 0 Å². The Kier molecular flexibility index (Phi) is 7.26. The zero-order valence-electron chi connectivity index (χ0n) is 20.3. The first kappa shape index (κ1) is 23.5. The van der Waals surface area contributed by atoms with E-state index in [1.807, 2.05) is 50.2 Å². The molecule has 1 amide bonds. The summed E-state index contributed by atoms with van der Waals surface area (Å²) in [6.07, 6.45) is 4.53. The highest BCUT2D eigenvalue weighted by Gasteiger charge is 2.12. The van der Waals surface area contributed by atoms with Gasteiger partial charge in [0.25, 0.3) is 5.91 Å². The minimum Gasteiger partial charge on any atom is -0.491 e. The van der Waals surface area contributed by atoms with Crippen molar-refractivity contribution in [2.45, 2.75) is 59.5 Å². The first-order valence-electron chi connectivity index (χ1n) is 12.0. The van der Waals surface area contributed by atoms with E-state index in [1.165, 1.54) is 18.4 Å². The van der Waals surface area contributed by atoms with Gasteiger partial charge in [0, 0.05) is 11.3 Å². The third-order valence-electron chi connectivity index (χ3n) is 5.99. The number of rotatable bonds is 9. The average molecular weight is 457 g/mol. The molecule has 6 heteroatoms. The number of ether oxygens (including phenoxy) is 1. The van der Waals surface area contributed by atoms with Crippen LogP contribution in [0.3, 0.4) is 0 Å². The summed E-state index contributed by atoms with van der Waals surface area (Å²) in [6, 6.07) is 19.4. The molecule has 0 fully saturated rings. The molecule has 0 radical (unpaired) electrons. The SMILES string of the molecule is CCCCc1ccc(-n2nc3cc(C)c(NC(=O)c4ccc(OC(C)CC)cc4)cc3n2)cc1. The van der Waals surface area contributed by atoms with Crippen LogP contribution in [0, 0.1) is 6.92 Å². The molecule has 3 aromatic carbocycles. The highest BCUT2D eigenvalue weighted by Crippen LogP contribution is 2.24. The maximum absolute atomic E-state index is 12.8. The van der Waals surface area contributed by atoms with Crippen molar-refractivity contribution in [3.63, 3.8) is 0 Å². The molecule has 1 heterocycles. The normalized spacial score (nSPS) is 12.0. The smallest absolute Gasteiger partial charge is 0.255 e. The Morgan fingerprint density at radius 1 is 1.00 bits per heavy atom. The van der Waals surface area contributed by atoms with Crippen molar-refractivity contribution < 1.29 is 9.53 Å². The van der Waals surface area contributed by atoms with E-state index in [-0.39, 0.29) is 12.0 Å². The van der Waals surface area contributed by atoms with E-state index in [0.29, 0.717) is 5.56 Å². The van der Waals surface area contributed by atoms with Crippen LogP contribution in [0.1, 0.15) is 61.5 Å². The van der Waals surface area contributed by atoms with Crippen molar-refractivity contribution >= 4 is 22.6 Å². The van der Waals surface area contributed by atoms with Gasteiger partial charge < -0.3 is 10.1 Å². The summed E-state index contributed by atoms with van der Waals surface area (Å²) in [7, 11) is 0. The lowest BCUT2D eigenvalue weighted by Crippen LogP contribution is -2.13. The molecule has 1 unspecified atom stereocenters. The summed E-state index contributed by atoms with van der Waals surface area (Å²) in [5.74, 6) is 0.589. The number of carbonyl (C=O) groups is 1. The molecule has 0 aliphatic rings. The van der Waals surface area contributed by atoms with Gasteiger partial charge in [-0.1, -0.05) is 32.4 Å². The summed E-state index contributed by atoms with van der Waals surface area (Å²) < 4.78 is 5.80. The molecule has 34 heavy (non-hydrogen) atoms. The molecule has 0 spiro atoms. The van der Waals surface area contributed by atoms with Gasteiger partial charge in [-0.05, 0) is 92.8 Å². The van der Waals surface area contributed by atoms with E-state index in [9.17, 15) is 4.79 Å². The van der Waals surface area contributed by atoms with Crippen LogP contribution in [0.4, 0.5) is 5.69 Å². The van der Waals surface area contributed by atoms with E-state index < -0.39 is 0 Å². The second kappa shape index (κ2) is 10.5. The highest BCUT2D eigenvalue weighted by molar-refractivity contribution is 6.05. The zero-order valence-corrected chi connectivity index (χ0v) is 20.3. The zero-order chi connectivity index (χ0) is 24.1. The van der Waals surface area contributed by atoms with Gasteiger partial charge in [-0.15, -0.1) is 10.2 Å². The minimum absolute atomic E-state index is 0.140. The quantitative estimate of drug-likeness (QED) is 0.312. The molecule has 0 saturated heterocycles. The van der Waals surface area contributed by atoms with E-state index in [2.05, 4.69) is 41.5 Å². The summed E-state index contributed by atoms with van der Waals surface area (Å²) in [4.78, 5) is 14.5. The topological polar surface area (TPSA) is 69.0 Å². The molecule has 4 rings (SSSR count). The minimum atomic E-state index is -0.174. The molecule has 176 valence electrons. The number of aromatic nitrogens is 3. The van der Waals surface area contributed by atoms with Crippen molar-refractivity contribution in [2.75, 3.05) is 5.32 Å². The van der Waals surface area contributed by atoms with Crippen LogP contribution in [0.25, 0.3) is 16.7 Å². The third-order valence-corrected chi connectivity index (χ3v) is 5.99. The van der Waals surface area contributed by atoms with Crippen LogP contribution < -0.4 is 10.1 Å². The lowest BCUT2D eigenvalue weighted by Gasteiger charge is -2.13. The number of fused-ring (bicyclic) bond motifs is 1. The van der Waals surface area contributed by atoms with Crippen LogP contribution >= 0.6 is 0 Å². The number of unbranched alkanes of at least 4 members (excludes halogenated alkanes) is 1. The molecule has 0 aliphatic heterocycles. The maximum Gasteiger partial charge on any atom is 0.255 e. The molecule has 0 aliphatic carbocycles. The lowest BCUT2D eigenvalue weighted by molar-refractivity contribution is 0.102. The number of hydrogen-bond donors (Lipinski definition) is 1.